The van der Waals surface area contributed by atoms with E-state index in [2.05, 4.69) is 6.07 Å². The van der Waals surface area contributed by atoms with Gasteiger partial charge in [-0.2, -0.15) is 0 Å². The molecule has 22 heavy (non-hydrogen) atoms. The molecule has 0 bridgehead atoms. The third-order valence-corrected chi connectivity index (χ3v) is 5.34. The zero-order chi connectivity index (χ0) is 15.4. The highest BCUT2D eigenvalue weighted by atomic mass is 32.2. The van der Waals surface area contributed by atoms with Crippen molar-refractivity contribution in [3.05, 3.63) is 24.3 Å². The van der Waals surface area contributed by atoms with E-state index in [1.807, 2.05) is 28.0 Å². The molecule has 0 unspecified atom stereocenters. The summed E-state index contributed by atoms with van der Waals surface area (Å²) < 4.78 is 0. The quantitative estimate of drug-likeness (QED) is 0.857. The zero-order valence-electron chi connectivity index (χ0n) is 12.8. The van der Waals surface area contributed by atoms with Gasteiger partial charge in [-0.1, -0.05) is 12.1 Å². The number of anilines is 1. The van der Waals surface area contributed by atoms with Gasteiger partial charge in [-0.15, -0.1) is 11.8 Å². The van der Waals surface area contributed by atoms with Gasteiger partial charge < -0.3 is 9.80 Å². The highest BCUT2D eigenvalue weighted by Gasteiger charge is 2.24. The number of hydrogen-bond acceptors (Lipinski definition) is 3. The number of carbonyl (C=O) groups excluding carboxylic acids is 2. The number of amides is 2. The monoisotopic (exact) mass is 318 g/mol. The highest BCUT2D eigenvalue weighted by Crippen LogP contribution is 2.34. The van der Waals surface area contributed by atoms with Crippen LogP contribution in [0.5, 0.6) is 0 Å². The van der Waals surface area contributed by atoms with Crippen molar-refractivity contribution in [3.8, 4) is 0 Å². The third-order valence-electron chi connectivity index (χ3n) is 4.29. The summed E-state index contributed by atoms with van der Waals surface area (Å²) in [5.74, 6) is 0.887. The average Bonchev–Trinajstić information content (AvgIpc) is 2.57. The fourth-order valence-electron chi connectivity index (χ4n) is 3.09. The van der Waals surface area contributed by atoms with E-state index in [0.29, 0.717) is 18.7 Å². The van der Waals surface area contributed by atoms with Gasteiger partial charge >= 0.3 is 0 Å². The van der Waals surface area contributed by atoms with Gasteiger partial charge in [-0.3, -0.25) is 9.59 Å². The van der Waals surface area contributed by atoms with Crippen molar-refractivity contribution in [3.63, 3.8) is 0 Å². The molecule has 0 spiro atoms. The van der Waals surface area contributed by atoms with Gasteiger partial charge in [0.05, 0.1) is 11.4 Å². The van der Waals surface area contributed by atoms with Crippen LogP contribution in [0.4, 0.5) is 5.69 Å². The predicted molar refractivity (Wildman–Crippen MR) is 89.2 cm³/mol. The molecule has 0 saturated carbocycles. The average molecular weight is 318 g/mol. The van der Waals surface area contributed by atoms with E-state index in [-0.39, 0.29) is 11.8 Å². The van der Waals surface area contributed by atoms with Crippen molar-refractivity contribution in [2.45, 2.75) is 37.0 Å². The van der Waals surface area contributed by atoms with E-state index in [4.69, 9.17) is 0 Å². The lowest BCUT2D eigenvalue weighted by atomic mass is 10.1. The van der Waals surface area contributed by atoms with Crippen molar-refractivity contribution < 1.29 is 9.59 Å². The van der Waals surface area contributed by atoms with Crippen molar-refractivity contribution in [2.75, 3.05) is 30.3 Å². The molecule has 118 valence electrons. The first kappa shape index (κ1) is 15.4. The molecule has 0 atom stereocenters. The molecule has 0 aliphatic carbocycles. The molecule has 4 nitrogen and oxygen atoms in total. The Morgan fingerprint density at radius 2 is 1.91 bits per heavy atom. The Labute approximate surface area is 135 Å². The van der Waals surface area contributed by atoms with Gasteiger partial charge in [0.1, 0.15) is 0 Å². The number of piperidine rings is 1. The molecule has 1 aromatic rings. The molecular weight excluding hydrogens is 296 g/mol. The van der Waals surface area contributed by atoms with Gasteiger partial charge in [0.15, 0.2) is 0 Å². The van der Waals surface area contributed by atoms with E-state index < -0.39 is 0 Å². The van der Waals surface area contributed by atoms with Crippen LogP contribution in [-0.2, 0) is 9.59 Å². The number of rotatable bonds is 4. The predicted octanol–water partition coefficient (Wildman–Crippen LogP) is 2.92. The number of hydrogen-bond donors (Lipinski definition) is 0. The Balaban J connectivity index is 1.55. The van der Waals surface area contributed by atoms with Crippen LogP contribution in [0, 0.1) is 0 Å². The molecule has 2 aliphatic rings. The van der Waals surface area contributed by atoms with Gasteiger partial charge in [0, 0.05) is 31.0 Å². The normalized spacial score (nSPS) is 18.3. The molecule has 1 aromatic carbocycles. The first-order chi connectivity index (χ1) is 10.8. The number of carbonyl (C=O) groups is 2. The SMILES string of the molecule is O=C(CCCN1C(=O)CSc2ccccc21)N1CCCCC1. The third kappa shape index (κ3) is 3.46. The molecule has 1 saturated heterocycles. The van der Waals surface area contributed by atoms with Crippen LogP contribution in [0.1, 0.15) is 32.1 Å². The van der Waals surface area contributed by atoms with E-state index >= 15 is 0 Å². The summed E-state index contributed by atoms with van der Waals surface area (Å²) in [7, 11) is 0. The smallest absolute Gasteiger partial charge is 0.237 e. The summed E-state index contributed by atoms with van der Waals surface area (Å²) >= 11 is 1.60. The Morgan fingerprint density at radius 3 is 2.73 bits per heavy atom. The first-order valence-corrected chi connectivity index (χ1v) is 9.04. The van der Waals surface area contributed by atoms with Gasteiger partial charge in [-0.25, -0.2) is 0 Å². The number of thioether (sulfide) groups is 1. The van der Waals surface area contributed by atoms with Crippen LogP contribution in [0.3, 0.4) is 0 Å². The molecule has 2 amide bonds. The van der Waals surface area contributed by atoms with Crippen molar-refractivity contribution >= 4 is 29.3 Å². The summed E-state index contributed by atoms with van der Waals surface area (Å²) in [6, 6.07) is 8.01. The van der Waals surface area contributed by atoms with Crippen LogP contribution < -0.4 is 4.90 Å². The van der Waals surface area contributed by atoms with Gasteiger partial charge in [-0.05, 0) is 37.8 Å². The minimum atomic E-state index is 0.147. The molecule has 0 aromatic heterocycles. The summed E-state index contributed by atoms with van der Waals surface area (Å²) in [5.41, 5.74) is 0.995. The summed E-state index contributed by atoms with van der Waals surface area (Å²) in [5, 5.41) is 0. The standard InChI is InChI=1S/C17H22N2O2S/c20-16(18-10-4-1-5-11-18)9-6-12-19-14-7-2-3-8-15(14)22-13-17(19)21/h2-3,7-8H,1,4-6,9-13H2. The fourth-order valence-corrected chi connectivity index (χ4v) is 4.02. The van der Waals surface area contributed by atoms with Crippen molar-refractivity contribution in [1.82, 2.24) is 4.90 Å². The fraction of sp³-hybridized carbons (Fsp3) is 0.529. The molecule has 0 N–H and O–H groups in total. The molecule has 3 rings (SSSR count). The Hall–Kier alpha value is -1.49. The minimum absolute atomic E-state index is 0.147. The Kier molecular flexibility index (Phi) is 5.03. The molecule has 1 fully saturated rings. The summed E-state index contributed by atoms with van der Waals surface area (Å²) in [6.45, 7) is 2.44. The lowest BCUT2D eigenvalue weighted by Crippen LogP contribution is -2.38. The number of para-hydroxylation sites is 1. The van der Waals surface area contributed by atoms with E-state index in [9.17, 15) is 9.59 Å². The maximum atomic E-state index is 12.2. The van der Waals surface area contributed by atoms with Crippen LogP contribution in [0.15, 0.2) is 29.2 Å². The second-order valence-electron chi connectivity index (χ2n) is 5.85. The molecule has 2 heterocycles. The second kappa shape index (κ2) is 7.18. The largest absolute Gasteiger partial charge is 0.343 e. The van der Waals surface area contributed by atoms with E-state index in [1.165, 1.54) is 6.42 Å². The topological polar surface area (TPSA) is 40.6 Å². The summed E-state index contributed by atoms with van der Waals surface area (Å²) in [6.07, 6.45) is 4.77. The number of benzene rings is 1. The first-order valence-electron chi connectivity index (χ1n) is 8.06. The van der Waals surface area contributed by atoms with Crippen LogP contribution in [-0.4, -0.2) is 42.1 Å². The van der Waals surface area contributed by atoms with E-state index in [0.717, 1.165) is 42.9 Å². The van der Waals surface area contributed by atoms with Crippen LogP contribution >= 0.6 is 11.8 Å². The lowest BCUT2D eigenvalue weighted by molar-refractivity contribution is -0.132. The van der Waals surface area contributed by atoms with Crippen LogP contribution in [0.25, 0.3) is 0 Å². The maximum absolute atomic E-state index is 12.2. The van der Waals surface area contributed by atoms with Crippen molar-refractivity contribution in [2.24, 2.45) is 0 Å². The van der Waals surface area contributed by atoms with Gasteiger partial charge in [0.25, 0.3) is 0 Å². The Bertz CT molecular complexity index is 555. The molecule has 2 aliphatic heterocycles. The lowest BCUT2D eigenvalue weighted by Gasteiger charge is -2.30. The van der Waals surface area contributed by atoms with Crippen LogP contribution in [0.2, 0.25) is 0 Å². The van der Waals surface area contributed by atoms with Gasteiger partial charge in [0.2, 0.25) is 11.8 Å². The minimum Gasteiger partial charge on any atom is -0.343 e. The second-order valence-corrected chi connectivity index (χ2v) is 6.86. The zero-order valence-corrected chi connectivity index (χ0v) is 13.6. The van der Waals surface area contributed by atoms with Crippen molar-refractivity contribution in [1.29, 1.82) is 0 Å². The summed E-state index contributed by atoms with van der Waals surface area (Å²) in [4.78, 5) is 29.3. The molecule has 5 heteroatoms. The molecular formula is C17H22N2O2S. The molecule has 0 radical (unpaired) electrons. The highest BCUT2D eigenvalue weighted by molar-refractivity contribution is 8.00. The number of fused-ring (bicyclic) bond motifs is 1. The van der Waals surface area contributed by atoms with E-state index in [1.54, 1.807) is 11.8 Å². The number of likely N-dealkylation sites (tertiary alicyclic amines) is 1. The Morgan fingerprint density at radius 1 is 1.14 bits per heavy atom. The number of nitrogens with zero attached hydrogens (tertiary/aromatic N) is 2. The maximum Gasteiger partial charge on any atom is 0.237 e.